The molecule has 1 aromatic carbocycles. The first-order valence-corrected chi connectivity index (χ1v) is 5.35. The molecule has 0 bridgehead atoms. The van der Waals surface area contributed by atoms with Gasteiger partial charge in [0, 0.05) is 19.5 Å². The average Bonchev–Trinajstić information content (AvgIpc) is 2.63. The van der Waals surface area contributed by atoms with Crippen molar-refractivity contribution in [1.82, 2.24) is 4.90 Å². The maximum atomic E-state index is 12.5. The smallest absolute Gasteiger partial charge is 0.298 e. The minimum atomic E-state index is -4.31. The molecule has 0 saturated carbocycles. The number of benzene rings is 1. The summed E-state index contributed by atoms with van der Waals surface area (Å²) in [5, 5.41) is 0. The Hall–Kier alpha value is -1.36. The van der Waals surface area contributed by atoms with Gasteiger partial charge in [-0.25, -0.2) is 0 Å². The summed E-state index contributed by atoms with van der Waals surface area (Å²) in [6, 6.07) is 5.25. The Morgan fingerprint density at radius 2 is 2.06 bits per heavy atom. The van der Waals surface area contributed by atoms with Crippen LogP contribution < -0.4 is 0 Å². The Bertz CT molecular complexity index is 428. The molecule has 0 spiro atoms. The van der Waals surface area contributed by atoms with E-state index in [4.69, 9.17) is 0 Å². The lowest BCUT2D eigenvalue weighted by molar-refractivity contribution is -0.137. The van der Waals surface area contributed by atoms with Crippen molar-refractivity contribution in [2.75, 3.05) is 13.1 Å². The molecule has 1 saturated heterocycles. The number of carbonyl (C=O) groups excluding carboxylic acids is 1. The van der Waals surface area contributed by atoms with Crippen LogP contribution in [0, 0.1) is 0 Å². The van der Waals surface area contributed by atoms with E-state index < -0.39 is 11.7 Å². The number of Topliss-reactive ketones (excluding diaryl/α,β-unsaturated/α-hetero) is 1. The van der Waals surface area contributed by atoms with E-state index in [0.29, 0.717) is 31.6 Å². The summed E-state index contributed by atoms with van der Waals surface area (Å²) in [5.41, 5.74) is -0.0463. The monoisotopic (exact) mass is 243 g/mol. The highest BCUT2D eigenvalue weighted by atomic mass is 19.4. The predicted octanol–water partition coefficient (Wildman–Crippen LogP) is 2.48. The van der Waals surface area contributed by atoms with Crippen LogP contribution in [0.1, 0.15) is 17.5 Å². The molecule has 1 aromatic rings. The van der Waals surface area contributed by atoms with Gasteiger partial charge in [-0.2, -0.15) is 13.2 Å². The van der Waals surface area contributed by atoms with Gasteiger partial charge in [0.05, 0.1) is 12.1 Å². The normalized spacial score (nSPS) is 17.7. The van der Waals surface area contributed by atoms with Gasteiger partial charge in [0.2, 0.25) is 0 Å². The Balaban J connectivity index is 2.09. The van der Waals surface area contributed by atoms with Crippen LogP contribution in [-0.2, 0) is 17.5 Å². The third-order valence-electron chi connectivity index (χ3n) is 2.77. The molecule has 0 unspecified atom stereocenters. The first-order chi connectivity index (χ1) is 7.95. The van der Waals surface area contributed by atoms with Crippen LogP contribution in [0.2, 0.25) is 0 Å². The molecular formula is C12H12F3NO. The molecule has 1 aliphatic heterocycles. The van der Waals surface area contributed by atoms with Gasteiger partial charge in [0.15, 0.2) is 0 Å². The molecule has 0 amide bonds. The molecule has 0 aromatic heterocycles. The number of carbonyl (C=O) groups is 1. The molecule has 5 heteroatoms. The minimum Gasteiger partial charge on any atom is -0.298 e. The summed E-state index contributed by atoms with van der Waals surface area (Å²) in [6.45, 7) is 1.38. The van der Waals surface area contributed by atoms with E-state index in [1.165, 1.54) is 6.07 Å². The van der Waals surface area contributed by atoms with Crippen LogP contribution >= 0.6 is 0 Å². The van der Waals surface area contributed by atoms with Crippen LogP contribution in [0.5, 0.6) is 0 Å². The zero-order chi connectivity index (χ0) is 12.5. The fourth-order valence-corrected chi connectivity index (χ4v) is 1.93. The quantitative estimate of drug-likeness (QED) is 0.795. The van der Waals surface area contributed by atoms with Gasteiger partial charge >= 0.3 is 6.18 Å². The molecule has 0 atom stereocenters. The van der Waals surface area contributed by atoms with E-state index in [1.807, 2.05) is 4.90 Å². The number of likely N-dealkylation sites (tertiary alicyclic amines) is 1. The van der Waals surface area contributed by atoms with Crippen molar-refractivity contribution < 1.29 is 18.0 Å². The van der Waals surface area contributed by atoms with Crippen molar-refractivity contribution >= 4 is 5.78 Å². The van der Waals surface area contributed by atoms with Crippen molar-refractivity contribution in [3.05, 3.63) is 35.4 Å². The number of rotatable bonds is 2. The van der Waals surface area contributed by atoms with Gasteiger partial charge in [0.1, 0.15) is 5.78 Å². The highest BCUT2D eigenvalue weighted by molar-refractivity contribution is 5.82. The van der Waals surface area contributed by atoms with Gasteiger partial charge in [-0.15, -0.1) is 0 Å². The Kier molecular flexibility index (Phi) is 3.19. The highest BCUT2D eigenvalue weighted by Gasteiger charge is 2.30. The molecule has 2 nitrogen and oxygen atoms in total. The van der Waals surface area contributed by atoms with Crippen molar-refractivity contribution in [3.8, 4) is 0 Å². The fourth-order valence-electron chi connectivity index (χ4n) is 1.93. The van der Waals surface area contributed by atoms with E-state index in [0.717, 1.165) is 12.1 Å². The number of hydrogen-bond donors (Lipinski definition) is 0. The standard InChI is InChI=1S/C12H12F3NO/c13-12(14,15)10-3-1-2-9(6-10)7-16-5-4-11(17)8-16/h1-3,6H,4-5,7-8H2. The largest absolute Gasteiger partial charge is 0.416 e. The molecular weight excluding hydrogens is 231 g/mol. The summed E-state index contributed by atoms with van der Waals surface area (Å²) in [4.78, 5) is 12.9. The van der Waals surface area contributed by atoms with E-state index in [2.05, 4.69) is 0 Å². The van der Waals surface area contributed by atoms with Gasteiger partial charge in [-0.1, -0.05) is 18.2 Å². The van der Waals surface area contributed by atoms with Crippen LogP contribution in [-0.4, -0.2) is 23.8 Å². The molecule has 0 aliphatic carbocycles. The van der Waals surface area contributed by atoms with Crippen LogP contribution in [0.4, 0.5) is 13.2 Å². The summed E-state index contributed by atoms with van der Waals surface area (Å²) in [7, 11) is 0. The second kappa shape index (κ2) is 4.49. The van der Waals surface area contributed by atoms with Crippen LogP contribution in [0.15, 0.2) is 24.3 Å². The van der Waals surface area contributed by atoms with Gasteiger partial charge in [-0.3, -0.25) is 9.69 Å². The van der Waals surface area contributed by atoms with Gasteiger partial charge in [-0.05, 0) is 11.6 Å². The minimum absolute atomic E-state index is 0.150. The molecule has 0 N–H and O–H groups in total. The zero-order valence-electron chi connectivity index (χ0n) is 9.13. The number of halogens is 3. The van der Waals surface area contributed by atoms with Crippen molar-refractivity contribution in [2.24, 2.45) is 0 Å². The van der Waals surface area contributed by atoms with E-state index in [1.54, 1.807) is 6.07 Å². The average molecular weight is 243 g/mol. The second-order valence-corrected chi connectivity index (χ2v) is 4.20. The van der Waals surface area contributed by atoms with Gasteiger partial charge in [0.25, 0.3) is 0 Å². The van der Waals surface area contributed by atoms with Crippen molar-refractivity contribution in [3.63, 3.8) is 0 Å². The lowest BCUT2D eigenvalue weighted by atomic mass is 10.1. The Labute approximate surface area is 97.0 Å². The number of ketones is 1. The predicted molar refractivity (Wildman–Crippen MR) is 56.3 cm³/mol. The van der Waals surface area contributed by atoms with Crippen molar-refractivity contribution in [2.45, 2.75) is 19.1 Å². The Morgan fingerprint density at radius 1 is 1.29 bits per heavy atom. The second-order valence-electron chi connectivity index (χ2n) is 4.20. The molecule has 1 aliphatic rings. The first-order valence-electron chi connectivity index (χ1n) is 5.35. The fraction of sp³-hybridized carbons (Fsp3) is 0.417. The SMILES string of the molecule is O=C1CCN(Cc2cccc(C(F)(F)F)c2)C1. The van der Waals surface area contributed by atoms with Gasteiger partial charge < -0.3 is 0 Å². The number of alkyl halides is 3. The van der Waals surface area contributed by atoms with E-state index in [9.17, 15) is 18.0 Å². The number of hydrogen-bond acceptors (Lipinski definition) is 2. The topological polar surface area (TPSA) is 20.3 Å². The lowest BCUT2D eigenvalue weighted by Gasteiger charge is -2.15. The maximum absolute atomic E-state index is 12.5. The molecule has 92 valence electrons. The zero-order valence-corrected chi connectivity index (χ0v) is 9.13. The summed E-state index contributed by atoms with van der Waals surface area (Å²) in [6.07, 6.45) is -3.81. The summed E-state index contributed by atoms with van der Waals surface area (Å²) >= 11 is 0. The van der Waals surface area contributed by atoms with E-state index in [-0.39, 0.29) is 5.78 Å². The third-order valence-corrected chi connectivity index (χ3v) is 2.77. The van der Waals surface area contributed by atoms with E-state index >= 15 is 0 Å². The molecule has 1 fully saturated rings. The highest BCUT2D eigenvalue weighted by Crippen LogP contribution is 2.29. The van der Waals surface area contributed by atoms with Crippen LogP contribution in [0.3, 0.4) is 0 Å². The summed E-state index contributed by atoms with van der Waals surface area (Å²) < 4.78 is 37.4. The van der Waals surface area contributed by atoms with Crippen molar-refractivity contribution in [1.29, 1.82) is 0 Å². The lowest BCUT2D eigenvalue weighted by Crippen LogP contribution is -2.20. The number of nitrogens with zero attached hydrogens (tertiary/aromatic N) is 1. The molecule has 1 heterocycles. The third kappa shape index (κ3) is 3.06. The maximum Gasteiger partial charge on any atom is 0.416 e. The Morgan fingerprint density at radius 3 is 2.65 bits per heavy atom. The molecule has 17 heavy (non-hydrogen) atoms. The molecule has 0 radical (unpaired) electrons. The first kappa shape index (κ1) is 12.1. The molecule has 2 rings (SSSR count). The summed E-state index contributed by atoms with van der Waals surface area (Å²) in [5.74, 6) is 0.150. The van der Waals surface area contributed by atoms with Crippen LogP contribution in [0.25, 0.3) is 0 Å².